The van der Waals surface area contributed by atoms with Crippen molar-refractivity contribution < 1.29 is 37.9 Å². The van der Waals surface area contributed by atoms with Crippen molar-refractivity contribution in [3.63, 3.8) is 0 Å². The highest BCUT2D eigenvalue weighted by Crippen LogP contribution is 2.40. The van der Waals surface area contributed by atoms with Gasteiger partial charge in [0.25, 0.3) is 0 Å². The van der Waals surface area contributed by atoms with Crippen LogP contribution < -0.4 is 0 Å². The molecule has 254 valence electrons. The molecule has 0 saturated carbocycles. The Morgan fingerprint density at radius 1 is 0.370 bits per heavy atom. The van der Waals surface area contributed by atoms with Crippen LogP contribution in [0.25, 0.3) is 0 Å². The Kier molecular flexibility index (Phi) is 20.1. The Morgan fingerprint density at radius 2 is 0.630 bits per heavy atom. The molecule has 3 aromatic carbocycles. The van der Waals surface area contributed by atoms with Gasteiger partial charge in [0.15, 0.2) is 0 Å². The number of rotatable bonds is 28. The van der Waals surface area contributed by atoms with Gasteiger partial charge in [0.1, 0.15) is 5.60 Å². The maximum absolute atomic E-state index is 6.72. The topological polar surface area (TPSA) is 77.1 Å². The average Bonchev–Trinajstić information content (AvgIpc) is 3.09. The van der Waals surface area contributed by atoms with E-state index in [0.29, 0.717) is 92.5 Å². The molecule has 0 atom stereocenters. The summed E-state index contributed by atoms with van der Waals surface area (Å²) in [6.07, 6.45) is 0. The first-order valence-electron chi connectivity index (χ1n) is 16.2. The fourth-order valence-corrected chi connectivity index (χ4v) is 4.69. The minimum Gasteiger partial charge on any atom is -0.378 e. The molecular weight excluding hydrogens is 586 g/mol. The number of ether oxygens (including phenoxy) is 8. The summed E-state index contributed by atoms with van der Waals surface area (Å²) in [6, 6.07) is 31.0. The molecule has 0 aromatic heterocycles. The molecule has 0 N–H and O–H groups in total. The Hall–Kier alpha value is -2.70. The van der Waals surface area contributed by atoms with E-state index in [-0.39, 0.29) is 0 Å². The van der Waals surface area contributed by atoms with Crippen LogP contribution in [0.1, 0.15) is 16.7 Å². The van der Waals surface area contributed by atoms with Gasteiger partial charge in [-0.3, -0.25) is 0 Å². The van der Waals surface area contributed by atoms with E-state index in [4.69, 9.17) is 37.9 Å². The van der Waals surface area contributed by atoms with Gasteiger partial charge in [-0.05, 0) is 30.8 Å². The molecule has 0 heterocycles. The SMILES string of the molecule is CN(C)CCOCCOCCOCCOCCOCCOCCOCCOC(c1ccccc1)(c1ccccc1)c1ccccc1. The quantitative estimate of drug-likeness (QED) is 0.0832. The summed E-state index contributed by atoms with van der Waals surface area (Å²) in [5.74, 6) is 0. The molecule has 9 heteroatoms. The van der Waals surface area contributed by atoms with Crippen molar-refractivity contribution in [2.24, 2.45) is 0 Å². The summed E-state index contributed by atoms with van der Waals surface area (Å²) >= 11 is 0. The molecule has 0 amide bonds. The molecule has 0 aliphatic carbocycles. The van der Waals surface area contributed by atoms with Gasteiger partial charge >= 0.3 is 0 Å². The summed E-state index contributed by atoms with van der Waals surface area (Å²) in [7, 11) is 4.05. The standard InChI is InChI=1S/C37H53NO8/c1-38(2)18-19-39-20-21-40-22-23-41-24-25-42-26-27-43-28-29-44-30-31-45-32-33-46-37(34-12-6-3-7-13-34,35-14-8-4-9-15-35)36-16-10-5-11-17-36/h3-17H,18-33H2,1-2H3. The summed E-state index contributed by atoms with van der Waals surface area (Å²) in [6.45, 7) is 8.86. The van der Waals surface area contributed by atoms with Crippen LogP contribution in [0.5, 0.6) is 0 Å². The highest BCUT2D eigenvalue weighted by atomic mass is 16.6. The Labute approximate surface area is 275 Å². The fraction of sp³-hybridized carbons (Fsp3) is 0.514. The van der Waals surface area contributed by atoms with E-state index in [2.05, 4.69) is 41.3 Å². The number of hydrogen-bond acceptors (Lipinski definition) is 9. The van der Waals surface area contributed by atoms with Crippen LogP contribution in [0.3, 0.4) is 0 Å². The van der Waals surface area contributed by atoms with Gasteiger partial charge in [-0.2, -0.15) is 0 Å². The second-order valence-corrected chi connectivity index (χ2v) is 10.7. The predicted octanol–water partition coefficient (Wildman–Crippen LogP) is 4.67. The second-order valence-electron chi connectivity index (χ2n) is 10.7. The molecule has 0 aliphatic heterocycles. The maximum Gasteiger partial charge on any atom is 0.143 e. The first kappa shape index (κ1) is 37.8. The fourth-order valence-electron chi connectivity index (χ4n) is 4.69. The molecule has 0 bridgehead atoms. The van der Waals surface area contributed by atoms with Crippen LogP contribution in [0.4, 0.5) is 0 Å². The number of hydrogen-bond donors (Lipinski definition) is 0. The third-order valence-corrected chi connectivity index (χ3v) is 7.00. The lowest BCUT2D eigenvalue weighted by Gasteiger charge is -2.36. The third-order valence-electron chi connectivity index (χ3n) is 7.00. The highest BCUT2D eigenvalue weighted by molar-refractivity contribution is 5.47. The van der Waals surface area contributed by atoms with Crippen LogP contribution in [-0.2, 0) is 43.5 Å². The molecule has 0 spiro atoms. The normalized spacial score (nSPS) is 11.8. The minimum absolute atomic E-state index is 0.424. The van der Waals surface area contributed by atoms with Crippen molar-refractivity contribution in [3.05, 3.63) is 108 Å². The van der Waals surface area contributed by atoms with E-state index in [1.807, 2.05) is 68.7 Å². The molecule has 0 radical (unpaired) electrons. The van der Waals surface area contributed by atoms with E-state index < -0.39 is 5.60 Å². The van der Waals surface area contributed by atoms with Crippen LogP contribution in [0.2, 0.25) is 0 Å². The summed E-state index contributed by atoms with van der Waals surface area (Å²) in [5, 5.41) is 0. The smallest absolute Gasteiger partial charge is 0.143 e. The second kappa shape index (κ2) is 24.5. The van der Waals surface area contributed by atoms with Gasteiger partial charge in [-0.25, -0.2) is 0 Å². The third kappa shape index (κ3) is 14.8. The molecule has 0 saturated heterocycles. The molecule has 46 heavy (non-hydrogen) atoms. The molecule has 9 nitrogen and oxygen atoms in total. The van der Waals surface area contributed by atoms with Gasteiger partial charge in [0.05, 0.1) is 99.1 Å². The molecule has 3 rings (SSSR count). The minimum atomic E-state index is -0.742. The first-order valence-corrected chi connectivity index (χ1v) is 16.2. The predicted molar refractivity (Wildman–Crippen MR) is 179 cm³/mol. The van der Waals surface area contributed by atoms with E-state index in [9.17, 15) is 0 Å². The van der Waals surface area contributed by atoms with E-state index in [1.54, 1.807) is 0 Å². The van der Waals surface area contributed by atoms with Gasteiger partial charge < -0.3 is 42.8 Å². The Morgan fingerprint density at radius 3 is 0.913 bits per heavy atom. The van der Waals surface area contributed by atoms with Gasteiger partial charge in [-0.1, -0.05) is 91.0 Å². The molecule has 3 aromatic rings. The lowest BCUT2D eigenvalue weighted by molar-refractivity contribution is -0.0397. The number of nitrogens with zero attached hydrogens (tertiary/aromatic N) is 1. The van der Waals surface area contributed by atoms with Crippen LogP contribution >= 0.6 is 0 Å². The largest absolute Gasteiger partial charge is 0.378 e. The zero-order valence-electron chi connectivity index (χ0n) is 27.7. The van der Waals surface area contributed by atoms with Crippen LogP contribution in [-0.4, -0.2) is 125 Å². The number of benzene rings is 3. The van der Waals surface area contributed by atoms with Gasteiger partial charge in [0, 0.05) is 6.54 Å². The van der Waals surface area contributed by atoms with E-state index in [0.717, 1.165) is 29.8 Å². The molecule has 0 aliphatic rings. The lowest BCUT2D eigenvalue weighted by atomic mass is 9.80. The zero-order valence-corrected chi connectivity index (χ0v) is 27.7. The molecule has 0 unspecified atom stereocenters. The summed E-state index contributed by atoms with van der Waals surface area (Å²) in [4.78, 5) is 2.09. The van der Waals surface area contributed by atoms with Crippen molar-refractivity contribution in [2.75, 3.05) is 120 Å². The maximum atomic E-state index is 6.72. The number of likely N-dealkylation sites (N-methyl/N-ethyl adjacent to an activating group) is 1. The van der Waals surface area contributed by atoms with Gasteiger partial charge in [-0.15, -0.1) is 0 Å². The summed E-state index contributed by atoms with van der Waals surface area (Å²) < 4.78 is 45.7. The van der Waals surface area contributed by atoms with Gasteiger partial charge in [0.2, 0.25) is 0 Å². The Bertz CT molecular complexity index is 1010. The molecule has 0 fully saturated rings. The van der Waals surface area contributed by atoms with E-state index >= 15 is 0 Å². The monoisotopic (exact) mass is 639 g/mol. The van der Waals surface area contributed by atoms with Crippen molar-refractivity contribution in [1.82, 2.24) is 4.90 Å². The average molecular weight is 640 g/mol. The van der Waals surface area contributed by atoms with Crippen molar-refractivity contribution in [2.45, 2.75) is 5.60 Å². The molecular formula is C37H53NO8. The van der Waals surface area contributed by atoms with Crippen LogP contribution in [0.15, 0.2) is 91.0 Å². The Balaban J connectivity index is 1.18. The summed E-state index contributed by atoms with van der Waals surface area (Å²) in [5.41, 5.74) is 2.48. The van der Waals surface area contributed by atoms with Crippen molar-refractivity contribution >= 4 is 0 Å². The van der Waals surface area contributed by atoms with Crippen molar-refractivity contribution in [1.29, 1.82) is 0 Å². The first-order chi connectivity index (χ1) is 22.7. The highest BCUT2D eigenvalue weighted by Gasteiger charge is 2.37. The van der Waals surface area contributed by atoms with Crippen molar-refractivity contribution in [3.8, 4) is 0 Å². The van der Waals surface area contributed by atoms with Crippen LogP contribution in [0, 0.1) is 0 Å². The zero-order chi connectivity index (χ0) is 32.4. The van der Waals surface area contributed by atoms with E-state index in [1.165, 1.54) is 0 Å². The lowest BCUT2D eigenvalue weighted by Crippen LogP contribution is -2.34.